The number of hydrogen-bond acceptors (Lipinski definition) is 3. The number of pyridine rings is 2. The van der Waals surface area contributed by atoms with Crippen LogP contribution in [0, 0.1) is 12.1 Å². The molecule has 2 nitrogen and oxygen atoms in total. The third-order valence-corrected chi connectivity index (χ3v) is 6.24. The van der Waals surface area contributed by atoms with Crippen LogP contribution >= 0.6 is 11.3 Å². The van der Waals surface area contributed by atoms with Crippen LogP contribution in [-0.2, 0) is 20.1 Å². The summed E-state index contributed by atoms with van der Waals surface area (Å²) >= 11 is 1.81. The minimum Gasteiger partial charge on any atom is -0.305 e. The summed E-state index contributed by atoms with van der Waals surface area (Å²) in [7, 11) is 0. The second-order valence-electron chi connectivity index (χ2n) is 7.35. The second-order valence-corrected chi connectivity index (χ2v) is 8.44. The van der Waals surface area contributed by atoms with Crippen molar-refractivity contribution in [2.45, 2.75) is 0 Å². The summed E-state index contributed by atoms with van der Waals surface area (Å²) in [6.45, 7) is 0. The fourth-order valence-corrected chi connectivity index (χ4v) is 4.53. The maximum absolute atomic E-state index is 4.56. The summed E-state index contributed by atoms with van der Waals surface area (Å²) in [5, 5.41) is 1.19. The third-order valence-electron chi connectivity index (χ3n) is 5.09. The van der Waals surface area contributed by atoms with E-state index in [4.69, 9.17) is 0 Å². The smallest absolute Gasteiger partial charge is 0.0355 e. The van der Waals surface area contributed by atoms with E-state index in [1.54, 1.807) is 17.5 Å². The topological polar surface area (TPSA) is 25.8 Å². The Labute approximate surface area is 217 Å². The van der Waals surface area contributed by atoms with Crippen molar-refractivity contribution in [3.05, 3.63) is 134 Å². The van der Waals surface area contributed by atoms with Gasteiger partial charge in [0.1, 0.15) is 0 Å². The Hall–Kier alpha value is -3.43. The average molecular weight is 633 g/mol. The van der Waals surface area contributed by atoms with Crippen molar-refractivity contribution >= 4 is 21.4 Å². The number of aromatic nitrogens is 2. The van der Waals surface area contributed by atoms with Gasteiger partial charge in [0, 0.05) is 47.5 Å². The molecule has 6 aromatic rings. The monoisotopic (exact) mass is 633 g/mol. The van der Waals surface area contributed by atoms with Crippen LogP contribution in [0.5, 0.6) is 0 Å². The molecule has 0 N–H and O–H groups in total. The Morgan fingerprint density at radius 3 is 1.94 bits per heavy atom. The molecule has 0 saturated carbocycles. The zero-order chi connectivity index (χ0) is 22.3. The SMILES string of the molecule is [Ir].[c-]1ccccc1-c1cc2sc(-c3ccccc3)cc2cn1.[c-]1ccccc1-c1ccccn1. The average Bonchev–Trinajstić information content (AvgIpc) is 3.35. The van der Waals surface area contributed by atoms with Crippen molar-refractivity contribution in [2.75, 3.05) is 0 Å². The molecule has 0 aliphatic heterocycles. The Kier molecular flexibility index (Phi) is 8.11. The normalized spacial score (nSPS) is 10.1. The minimum atomic E-state index is 0. The summed E-state index contributed by atoms with van der Waals surface area (Å²) in [4.78, 5) is 10.1. The van der Waals surface area contributed by atoms with Crippen molar-refractivity contribution in [1.29, 1.82) is 0 Å². The summed E-state index contributed by atoms with van der Waals surface area (Å²) in [5.41, 5.74) is 5.28. The number of rotatable bonds is 3. The van der Waals surface area contributed by atoms with E-state index in [1.807, 2.05) is 79.0 Å². The third kappa shape index (κ3) is 5.73. The van der Waals surface area contributed by atoms with Gasteiger partial charge < -0.3 is 9.97 Å². The summed E-state index contributed by atoms with van der Waals surface area (Å²) < 4.78 is 1.26. The van der Waals surface area contributed by atoms with Crippen LogP contribution in [0.1, 0.15) is 0 Å². The standard InChI is InChI=1S/C19H12NS.C11H8N.Ir/c1-3-7-14(8-4-1)17-12-19-16(13-20-17)11-18(21-19)15-9-5-2-6-10-15;1-2-6-10(7-3-1)11-8-4-5-9-12-11;/h1-7,9-13H;1-6,8-9H;/q2*-1;. The van der Waals surface area contributed by atoms with E-state index in [0.29, 0.717) is 0 Å². The van der Waals surface area contributed by atoms with Crippen molar-refractivity contribution in [1.82, 2.24) is 9.97 Å². The van der Waals surface area contributed by atoms with Gasteiger partial charge in [0.2, 0.25) is 0 Å². The maximum Gasteiger partial charge on any atom is 0.0355 e. The molecular weight excluding hydrogens is 613 g/mol. The largest absolute Gasteiger partial charge is 0.305 e. The molecule has 0 spiro atoms. The zero-order valence-electron chi connectivity index (χ0n) is 18.2. The summed E-state index contributed by atoms with van der Waals surface area (Å²) in [6.07, 6.45) is 3.74. The van der Waals surface area contributed by atoms with E-state index < -0.39 is 0 Å². The van der Waals surface area contributed by atoms with Crippen LogP contribution in [-0.4, -0.2) is 9.97 Å². The van der Waals surface area contributed by atoms with Crippen LogP contribution in [0.4, 0.5) is 0 Å². The fraction of sp³-hybridized carbons (Fsp3) is 0. The van der Waals surface area contributed by atoms with Gasteiger partial charge in [-0.2, -0.15) is 0 Å². The van der Waals surface area contributed by atoms with E-state index in [1.165, 1.54) is 20.5 Å². The first-order valence-electron chi connectivity index (χ1n) is 10.7. The van der Waals surface area contributed by atoms with Gasteiger partial charge in [-0.25, -0.2) is 0 Å². The molecule has 0 unspecified atom stereocenters. The molecule has 3 heterocycles. The molecule has 0 amide bonds. The first-order valence-corrected chi connectivity index (χ1v) is 11.5. The molecule has 1 radical (unpaired) electrons. The Balaban J connectivity index is 0.000000180. The first kappa shape index (κ1) is 23.7. The Bertz CT molecular complexity index is 1360. The molecule has 167 valence electrons. The van der Waals surface area contributed by atoms with E-state index >= 15 is 0 Å². The van der Waals surface area contributed by atoms with Gasteiger partial charge in [-0.15, -0.1) is 83.1 Å². The van der Waals surface area contributed by atoms with Crippen molar-refractivity contribution in [2.24, 2.45) is 0 Å². The molecular formula is C30H20IrN2S-2. The Morgan fingerprint density at radius 1 is 0.618 bits per heavy atom. The van der Waals surface area contributed by atoms with Crippen molar-refractivity contribution < 1.29 is 20.1 Å². The molecule has 34 heavy (non-hydrogen) atoms. The van der Waals surface area contributed by atoms with Crippen LogP contribution in [0.25, 0.3) is 43.0 Å². The minimum absolute atomic E-state index is 0. The molecule has 3 aromatic heterocycles. The molecule has 0 bridgehead atoms. The van der Waals surface area contributed by atoms with E-state index in [0.717, 1.165) is 22.5 Å². The van der Waals surface area contributed by atoms with Gasteiger partial charge in [0.25, 0.3) is 0 Å². The van der Waals surface area contributed by atoms with Gasteiger partial charge >= 0.3 is 0 Å². The first-order chi connectivity index (χ1) is 16.4. The molecule has 3 aromatic carbocycles. The van der Waals surface area contributed by atoms with Gasteiger partial charge in [0.15, 0.2) is 0 Å². The Morgan fingerprint density at radius 2 is 1.29 bits per heavy atom. The number of hydrogen-bond donors (Lipinski definition) is 0. The molecule has 0 saturated heterocycles. The van der Waals surface area contributed by atoms with Gasteiger partial charge in [-0.3, -0.25) is 0 Å². The number of benzene rings is 3. The van der Waals surface area contributed by atoms with Gasteiger partial charge in [0.05, 0.1) is 0 Å². The van der Waals surface area contributed by atoms with Gasteiger partial charge in [-0.05, 0) is 29.1 Å². The van der Waals surface area contributed by atoms with Gasteiger partial charge in [-0.1, -0.05) is 48.5 Å². The van der Waals surface area contributed by atoms with E-state index in [9.17, 15) is 0 Å². The number of nitrogens with zero attached hydrogens (tertiary/aromatic N) is 2. The predicted octanol–water partition coefficient (Wildman–Crippen LogP) is 7.98. The molecule has 6 rings (SSSR count). The van der Waals surface area contributed by atoms with Crippen LogP contribution in [0.3, 0.4) is 0 Å². The number of thiophene rings is 1. The van der Waals surface area contributed by atoms with Crippen LogP contribution in [0.15, 0.2) is 122 Å². The van der Waals surface area contributed by atoms with Crippen molar-refractivity contribution in [3.8, 4) is 33.0 Å². The predicted molar refractivity (Wildman–Crippen MR) is 138 cm³/mol. The zero-order valence-corrected chi connectivity index (χ0v) is 21.4. The van der Waals surface area contributed by atoms with E-state index in [-0.39, 0.29) is 20.1 Å². The van der Waals surface area contributed by atoms with Crippen LogP contribution in [0.2, 0.25) is 0 Å². The van der Waals surface area contributed by atoms with E-state index in [2.05, 4.69) is 58.5 Å². The molecule has 0 fully saturated rings. The molecule has 0 atom stereocenters. The van der Waals surface area contributed by atoms with Crippen molar-refractivity contribution in [3.63, 3.8) is 0 Å². The summed E-state index contributed by atoms with van der Waals surface area (Å²) in [5.74, 6) is 0. The number of fused-ring (bicyclic) bond motifs is 1. The second kappa shape index (κ2) is 11.6. The summed E-state index contributed by atoms with van der Waals surface area (Å²) in [6, 6.07) is 42.8. The molecule has 0 aliphatic carbocycles. The fourth-order valence-electron chi connectivity index (χ4n) is 3.45. The quantitative estimate of drug-likeness (QED) is 0.185. The molecule has 4 heteroatoms. The maximum atomic E-state index is 4.56. The van der Waals surface area contributed by atoms with Crippen LogP contribution < -0.4 is 0 Å². The molecule has 0 aliphatic rings.